The van der Waals surface area contributed by atoms with E-state index in [0.29, 0.717) is 40.3 Å². The van der Waals surface area contributed by atoms with Gasteiger partial charge in [0.15, 0.2) is 5.78 Å². The Morgan fingerprint density at radius 2 is 1.81 bits per heavy atom. The molecule has 0 aromatic rings. The lowest BCUT2D eigenvalue weighted by atomic mass is 9.43. The largest absolute Gasteiger partial charge is 0.294 e. The molecule has 4 fully saturated rings. The molecule has 1 nitrogen and oxygen atoms in total. The van der Waals surface area contributed by atoms with E-state index in [1.54, 1.807) is 0 Å². The molecule has 7 unspecified atom stereocenters. The van der Waals surface area contributed by atoms with Crippen LogP contribution in [0.5, 0.6) is 0 Å². The summed E-state index contributed by atoms with van der Waals surface area (Å²) in [4.78, 5) is 13.8. The Bertz CT molecular complexity index is 630. The van der Waals surface area contributed by atoms with E-state index >= 15 is 0 Å². The molecule has 4 rings (SSSR count). The molecular weight excluding hydrogens is 328 g/mol. The van der Waals surface area contributed by atoms with E-state index in [1.807, 2.05) is 0 Å². The van der Waals surface area contributed by atoms with E-state index in [2.05, 4.69) is 39.5 Å². The third-order valence-electron chi connectivity index (χ3n) is 9.80. The van der Waals surface area contributed by atoms with Crippen LogP contribution in [-0.2, 0) is 4.79 Å². The van der Waals surface area contributed by atoms with Crippen molar-refractivity contribution < 1.29 is 4.79 Å². The average Bonchev–Trinajstić information content (AvgIpc) is 2.99. The Hall–Kier alpha value is -0.850. The second-order valence-corrected chi connectivity index (χ2v) is 10.7. The number of allylic oxidation sites excluding steroid dienone is 3. The first-order valence-electron chi connectivity index (χ1n) is 11.8. The van der Waals surface area contributed by atoms with Gasteiger partial charge in [-0.3, -0.25) is 4.79 Å². The van der Waals surface area contributed by atoms with Crippen LogP contribution in [0.3, 0.4) is 0 Å². The third-order valence-corrected chi connectivity index (χ3v) is 9.80. The summed E-state index contributed by atoms with van der Waals surface area (Å²) in [5, 5.41) is 0. The maximum absolute atomic E-state index is 13.8. The molecular formula is C26H40O. The molecule has 0 aromatic carbocycles. The van der Waals surface area contributed by atoms with Gasteiger partial charge >= 0.3 is 0 Å². The van der Waals surface area contributed by atoms with E-state index in [1.165, 1.54) is 69.8 Å². The zero-order chi connectivity index (χ0) is 19.2. The summed E-state index contributed by atoms with van der Waals surface area (Å²) in [6.45, 7) is 11.1. The van der Waals surface area contributed by atoms with Crippen molar-refractivity contribution in [1.82, 2.24) is 0 Å². The summed E-state index contributed by atoms with van der Waals surface area (Å²) in [6.07, 6.45) is 18.6. The van der Waals surface area contributed by atoms with E-state index in [9.17, 15) is 4.79 Å². The summed E-state index contributed by atoms with van der Waals surface area (Å²) >= 11 is 0. The highest BCUT2D eigenvalue weighted by molar-refractivity contribution is 5.99. The average molecular weight is 369 g/mol. The molecule has 0 radical (unpaired) electrons. The molecule has 0 bridgehead atoms. The second-order valence-electron chi connectivity index (χ2n) is 10.7. The van der Waals surface area contributed by atoms with Gasteiger partial charge in [0, 0.05) is 5.92 Å². The Balaban J connectivity index is 1.65. The van der Waals surface area contributed by atoms with Gasteiger partial charge in [0.25, 0.3) is 0 Å². The zero-order valence-electron chi connectivity index (χ0n) is 17.9. The number of hydrogen-bond donors (Lipinski definition) is 0. The number of hydrogen-bond acceptors (Lipinski definition) is 1. The number of ketones is 1. The molecule has 0 amide bonds. The number of Topliss-reactive ketones (excluding diaryl/α,β-unsaturated/α-hetero) is 1. The van der Waals surface area contributed by atoms with Crippen LogP contribution in [0.15, 0.2) is 24.3 Å². The fraction of sp³-hybridized carbons (Fsp3) is 0.808. The molecule has 0 spiro atoms. The molecule has 0 N–H and O–H groups in total. The molecule has 4 saturated carbocycles. The van der Waals surface area contributed by atoms with Crippen molar-refractivity contribution in [3.63, 3.8) is 0 Å². The van der Waals surface area contributed by atoms with Crippen molar-refractivity contribution in [2.45, 2.75) is 91.4 Å². The molecule has 7 atom stereocenters. The van der Waals surface area contributed by atoms with Crippen LogP contribution in [0.25, 0.3) is 0 Å². The van der Waals surface area contributed by atoms with E-state index in [4.69, 9.17) is 0 Å². The second kappa shape index (κ2) is 7.20. The fourth-order valence-corrected chi connectivity index (χ4v) is 8.36. The minimum absolute atomic E-state index is 0.318. The van der Waals surface area contributed by atoms with Crippen LogP contribution >= 0.6 is 0 Å². The van der Waals surface area contributed by atoms with Crippen molar-refractivity contribution in [3.8, 4) is 0 Å². The molecule has 4 aliphatic carbocycles. The molecule has 0 aromatic heterocycles. The third kappa shape index (κ3) is 2.82. The Morgan fingerprint density at radius 3 is 2.56 bits per heavy atom. The lowest BCUT2D eigenvalue weighted by molar-refractivity contribution is -0.145. The van der Waals surface area contributed by atoms with Crippen molar-refractivity contribution in [2.75, 3.05) is 0 Å². The number of carbonyl (C=O) groups is 1. The van der Waals surface area contributed by atoms with Crippen molar-refractivity contribution >= 4 is 5.78 Å². The van der Waals surface area contributed by atoms with Gasteiger partial charge in [-0.2, -0.15) is 0 Å². The van der Waals surface area contributed by atoms with Gasteiger partial charge in [-0.1, -0.05) is 38.8 Å². The summed E-state index contributed by atoms with van der Waals surface area (Å²) < 4.78 is 0. The number of fused-ring (bicyclic) bond motifs is 5. The smallest absolute Gasteiger partial charge is 0.162 e. The molecule has 4 aliphatic rings. The van der Waals surface area contributed by atoms with Crippen molar-refractivity contribution in [3.05, 3.63) is 24.3 Å². The molecule has 27 heavy (non-hydrogen) atoms. The predicted octanol–water partition coefficient (Wildman–Crippen LogP) is 7.13. The highest BCUT2D eigenvalue weighted by Gasteiger charge is 2.63. The summed E-state index contributed by atoms with van der Waals surface area (Å²) in [5.41, 5.74) is 1.99. The fourth-order valence-electron chi connectivity index (χ4n) is 8.36. The SMILES string of the molecule is C=CCCCC1CCC2C3C(=O)/C(=C\C)C4CCCCC4(C)C3CCC12C. The van der Waals surface area contributed by atoms with Crippen molar-refractivity contribution in [1.29, 1.82) is 0 Å². The summed E-state index contributed by atoms with van der Waals surface area (Å²) in [6, 6.07) is 0. The number of rotatable bonds is 4. The zero-order valence-corrected chi connectivity index (χ0v) is 17.9. The Morgan fingerprint density at radius 1 is 1.04 bits per heavy atom. The van der Waals surface area contributed by atoms with Crippen LogP contribution < -0.4 is 0 Å². The summed E-state index contributed by atoms with van der Waals surface area (Å²) in [7, 11) is 0. The lowest BCUT2D eigenvalue weighted by Gasteiger charge is -2.60. The molecule has 0 saturated heterocycles. The minimum Gasteiger partial charge on any atom is -0.294 e. The predicted molar refractivity (Wildman–Crippen MR) is 113 cm³/mol. The van der Waals surface area contributed by atoms with E-state index in [0.717, 1.165) is 12.3 Å². The van der Waals surface area contributed by atoms with Gasteiger partial charge < -0.3 is 0 Å². The first kappa shape index (κ1) is 19.5. The highest BCUT2D eigenvalue weighted by Crippen LogP contribution is 2.67. The van der Waals surface area contributed by atoms with Crippen LogP contribution in [-0.4, -0.2) is 5.78 Å². The van der Waals surface area contributed by atoms with Gasteiger partial charge in [-0.25, -0.2) is 0 Å². The van der Waals surface area contributed by atoms with Crippen LogP contribution in [0, 0.1) is 40.4 Å². The number of unbranched alkanes of at least 4 members (excludes halogenated alkanes) is 1. The standard InChI is InChI=1S/C26H40O/c1-5-7-8-11-18-13-14-21-23-22(15-17-25(18,21)3)26(4)16-10-9-12-20(26)19(6-2)24(23)27/h5-6,18,20-23H,1,7-17H2,2-4H3/b19-6-. The summed E-state index contributed by atoms with van der Waals surface area (Å²) in [5.74, 6) is 3.52. The van der Waals surface area contributed by atoms with E-state index < -0.39 is 0 Å². The topological polar surface area (TPSA) is 17.1 Å². The first-order chi connectivity index (χ1) is 13.0. The first-order valence-corrected chi connectivity index (χ1v) is 11.8. The molecule has 0 heterocycles. The Labute approximate surface area is 167 Å². The molecule has 150 valence electrons. The monoisotopic (exact) mass is 368 g/mol. The lowest BCUT2D eigenvalue weighted by Crippen LogP contribution is -2.57. The van der Waals surface area contributed by atoms with Crippen LogP contribution in [0.1, 0.15) is 91.4 Å². The van der Waals surface area contributed by atoms with Crippen molar-refractivity contribution in [2.24, 2.45) is 40.4 Å². The van der Waals surface area contributed by atoms with Crippen LogP contribution in [0.2, 0.25) is 0 Å². The van der Waals surface area contributed by atoms with Crippen LogP contribution in [0.4, 0.5) is 0 Å². The quantitative estimate of drug-likeness (QED) is 0.293. The Kier molecular flexibility index (Phi) is 5.19. The van der Waals surface area contributed by atoms with Gasteiger partial charge in [0.1, 0.15) is 0 Å². The normalized spacial score (nSPS) is 48.0. The highest BCUT2D eigenvalue weighted by atomic mass is 16.1. The minimum atomic E-state index is 0.318. The van der Waals surface area contributed by atoms with Gasteiger partial charge in [-0.05, 0) is 105 Å². The van der Waals surface area contributed by atoms with E-state index in [-0.39, 0.29) is 0 Å². The number of carbonyl (C=O) groups excluding carboxylic acids is 1. The maximum Gasteiger partial charge on any atom is 0.162 e. The van der Waals surface area contributed by atoms with Gasteiger partial charge in [-0.15, -0.1) is 6.58 Å². The van der Waals surface area contributed by atoms with Gasteiger partial charge in [0.2, 0.25) is 0 Å². The molecule has 1 heteroatoms. The molecule has 0 aliphatic heterocycles. The maximum atomic E-state index is 13.8. The van der Waals surface area contributed by atoms with Gasteiger partial charge in [0.05, 0.1) is 0 Å².